The van der Waals surface area contributed by atoms with Gasteiger partial charge in [-0.25, -0.2) is 8.78 Å². The standard InChI is InChI=1S/C14H21F2N3/c1-18(2)14-11(16)5-4-10(15)13(14)12-6-9(7-17)8-19(12)3/h4-5,9,12H,6-8,17H2,1-3H3. The Morgan fingerprint density at radius 3 is 2.47 bits per heavy atom. The Labute approximate surface area is 113 Å². The van der Waals surface area contributed by atoms with E-state index in [1.165, 1.54) is 12.1 Å². The minimum atomic E-state index is -0.383. The Morgan fingerprint density at radius 1 is 1.32 bits per heavy atom. The van der Waals surface area contributed by atoms with Crippen LogP contribution in [0.15, 0.2) is 12.1 Å². The summed E-state index contributed by atoms with van der Waals surface area (Å²) in [5.74, 6) is -0.390. The van der Waals surface area contributed by atoms with Crippen molar-refractivity contribution in [2.75, 3.05) is 39.1 Å². The lowest BCUT2D eigenvalue weighted by atomic mass is 9.97. The zero-order valence-corrected chi connectivity index (χ0v) is 11.7. The molecule has 1 saturated heterocycles. The topological polar surface area (TPSA) is 32.5 Å². The molecule has 1 aliphatic heterocycles. The van der Waals surface area contributed by atoms with Crippen LogP contribution in [0, 0.1) is 17.6 Å². The maximum Gasteiger partial charge on any atom is 0.147 e. The first-order chi connectivity index (χ1) is 8.95. The number of rotatable bonds is 3. The molecule has 1 heterocycles. The maximum absolute atomic E-state index is 14.2. The molecule has 0 bridgehead atoms. The minimum Gasteiger partial charge on any atom is -0.375 e. The van der Waals surface area contributed by atoms with Gasteiger partial charge < -0.3 is 10.6 Å². The number of nitrogens with zero attached hydrogens (tertiary/aromatic N) is 2. The number of nitrogens with two attached hydrogens (primary N) is 1. The summed E-state index contributed by atoms with van der Waals surface area (Å²) >= 11 is 0. The third-order valence-electron chi connectivity index (χ3n) is 3.86. The Morgan fingerprint density at radius 2 is 1.95 bits per heavy atom. The van der Waals surface area contributed by atoms with Crippen molar-refractivity contribution in [2.45, 2.75) is 12.5 Å². The molecule has 5 heteroatoms. The molecule has 0 saturated carbocycles. The number of halogens is 2. The van der Waals surface area contributed by atoms with E-state index in [1.54, 1.807) is 19.0 Å². The van der Waals surface area contributed by atoms with Gasteiger partial charge in [0.1, 0.15) is 11.6 Å². The van der Waals surface area contributed by atoms with Crippen LogP contribution in [-0.4, -0.2) is 39.1 Å². The van der Waals surface area contributed by atoms with Gasteiger partial charge in [-0.05, 0) is 38.1 Å². The Kier molecular flexibility index (Phi) is 4.06. The summed E-state index contributed by atoms with van der Waals surface area (Å²) in [5.41, 5.74) is 6.49. The first-order valence-electron chi connectivity index (χ1n) is 6.51. The van der Waals surface area contributed by atoms with Gasteiger partial charge in [0.25, 0.3) is 0 Å². The SMILES string of the molecule is CN(C)c1c(F)ccc(F)c1C1CC(CN)CN1C. The zero-order valence-electron chi connectivity index (χ0n) is 11.7. The van der Waals surface area contributed by atoms with E-state index in [9.17, 15) is 8.78 Å². The van der Waals surface area contributed by atoms with Crippen molar-refractivity contribution in [1.29, 1.82) is 0 Å². The second-order valence-corrected chi connectivity index (χ2v) is 5.48. The van der Waals surface area contributed by atoms with Crippen molar-refractivity contribution in [2.24, 2.45) is 11.7 Å². The van der Waals surface area contributed by atoms with Crippen molar-refractivity contribution in [1.82, 2.24) is 4.90 Å². The van der Waals surface area contributed by atoms with Crippen LogP contribution < -0.4 is 10.6 Å². The van der Waals surface area contributed by atoms with Gasteiger partial charge in [0.15, 0.2) is 0 Å². The molecule has 0 aromatic heterocycles. The number of hydrogen-bond acceptors (Lipinski definition) is 3. The molecule has 1 aliphatic rings. The van der Waals surface area contributed by atoms with Gasteiger partial charge >= 0.3 is 0 Å². The van der Waals surface area contributed by atoms with Crippen molar-refractivity contribution < 1.29 is 8.78 Å². The fourth-order valence-electron chi connectivity index (χ4n) is 2.94. The van der Waals surface area contributed by atoms with Gasteiger partial charge in [0, 0.05) is 32.2 Å². The number of likely N-dealkylation sites (tertiary alicyclic amines) is 1. The molecule has 0 aliphatic carbocycles. The summed E-state index contributed by atoms with van der Waals surface area (Å²) in [6.45, 7) is 1.40. The lowest BCUT2D eigenvalue weighted by molar-refractivity contribution is 0.306. The summed E-state index contributed by atoms with van der Waals surface area (Å²) in [7, 11) is 5.40. The molecule has 2 N–H and O–H groups in total. The monoisotopic (exact) mass is 269 g/mol. The van der Waals surface area contributed by atoms with Crippen molar-refractivity contribution in [3.8, 4) is 0 Å². The summed E-state index contributed by atoms with van der Waals surface area (Å²) < 4.78 is 28.2. The van der Waals surface area contributed by atoms with E-state index in [-0.39, 0.29) is 17.7 Å². The fourth-order valence-corrected chi connectivity index (χ4v) is 2.94. The van der Waals surface area contributed by atoms with Crippen LogP contribution in [0.3, 0.4) is 0 Å². The van der Waals surface area contributed by atoms with Crippen molar-refractivity contribution in [3.63, 3.8) is 0 Å². The normalized spacial score (nSPS) is 23.9. The van der Waals surface area contributed by atoms with E-state index in [2.05, 4.69) is 4.90 Å². The van der Waals surface area contributed by atoms with E-state index in [4.69, 9.17) is 5.73 Å². The minimum absolute atomic E-state index is 0.110. The van der Waals surface area contributed by atoms with Crippen LogP contribution in [0.4, 0.5) is 14.5 Å². The maximum atomic E-state index is 14.2. The van der Waals surface area contributed by atoms with Gasteiger partial charge in [-0.2, -0.15) is 0 Å². The van der Waals surface area contributed by atoms with Crippen molar-refractivity contribution >= 4 is 5.69 Å². The van der Waals surface area contributed by atoms with Crippen molar-refractivity contribution in [3.05, 3.63) is 29.3 Å². The number of hydrogen-bond donors (Lipinski definition) is 1. The van der Waals surface area contributed by atoms with E-state index < -0.39 is 0 Å². The molecule has 1 aromatic rings. The van der Waals surface area contributed by atoms with E-state index >= 15 is 0 Å². The highest BCUT2D eigenvalue weighted by atomic mass is 19.1. The van der Waals surface area contributed by atoms with E-state index in [0.29, 0.717) is 23.7 Å². The van der Waals surface area contributed by atoms with Crippen LogP contribution in [0.5, 0.6) is 0 Å². The van der Waals surface area contributed by atoms with Gasteiger partial charge in [-0.1, -0.05) is 0 Å². The van der Waals surface area contributed by atoms with Crippen LogP contribution in [-0.2, 0) is 0 Å². The van der Waals surface area contributed by atoms with Crippen LogP contribution >= 0.6 is 0 Å². The molecule has 2 unspecified atom stereocenters. The second-order valence-electron chi connectivity index (χ2n) is 5.48. The number of benzene rings is 1. The average Bonchev–Trinajstić information content (AvgIpc) is 2.72. The quantitative estimate of drug-likeness (QED) is 0.910. The van der Waals surface area contributed by atoms with Crippen LogP contribution in [0.1, 0.15) is 18.0 Å². The molecule has 0 amide bonds. The highest BCUT2D eigenvalue weighted by molar-refractivity contribution is 5.56. The lowest BCUT2D eigenvalue weighted by Crippen LogP contribution is -2.23. The molecular formula is C14H21F2N3. The number of anilines is 1. The molecule has 106 valence electrons. The fraction of sp³-hybridized carbons (Fsp3) is 0.571. The molecule has 2 atom stereocenters. The highest BCUT2D eigenvalue weighted by Crippen LogP contribution is 2.40. The van der Waals surface area contributed by atoms with E-state index in [0.717, 1.165) is 13.0 Å². The molecular weight excluding hydrogens is 248 g/mol. The molecule has 1 fully saturated rings. The Balaban J connectivity index is 2.47. The summed E-state index contributed by atoms with van der Waals surface area (Å²) in [6.07, 6.45) is 0.772. The van der Waals surface area contributed by atoms with Gasteiger partial charge in [0.05, 0.1) is 5.69 Å². The molecule has 0 spiro atoms. The Bertz CT molecular complexity index is 462. The van der Waals surface area contributed by atoms with Crippen LogP contribution in [0.25, 0.3) is 0 Å². The van der Waals surface area contributed by atoms with Gasteiger partial charge in [-0.15, -0.1) is 0 Å². The third-order valence-corrected chi connectivity index (χ3v) is 3.86. The summed E-state index contributed by atoms with van der Waals surface area (Å²) in [4.78, 5) is 3.69. The largest absolute Gasteiger partial charge is 0.375 e. The van der Waals surface area contributed by atoms with Gasteiger partial charge in [0.2, 0.25) is 0 Å². The molecule has 2 rings (SSSR count). The molecule has 19 heavy (non-hydrogen) atoms. The predicted octanol–water partition coefficient (Wildman–Crippen LogP) is 1.98. The van der Waals surface area contributed by atoms with E-state index in [1.807, 2.05) is 7.05 Å². The molecule has 0 radical (unpaired) electrons. The zero-order chi connectivity index (χ0) is 14.2. The summed E-state index contributed by atoms with van der Waals surface area (Å²) in [6, 6.07) is 2.28. The second kappa shape index (κ2) is 5.43. The highest BCUT2D eigenvalue weighted by Gasteiger charge is 2.34. The summed E-state index contributed by atoms with van der Waals surface area (Å²) in [5, 5.41) is 0. The van der Waals surface area contributed by atoms with Crippen LogP contribution in [0.2, 0.25) is 0 Å². The predicted molar refractivity (Wildman–Crippen MR) is 73.2 cm³/mol. The molecule has 1 aromatic carbocycles. The smallest absolute Gasteiger partial charge is 0.147 e. The third kappa shape index (κ3) is 2.58. The Hall–Kier alpha value is -1.20. The first kappa shape index (κ1) is 14.2. The molecule has 3 nitrogen and oxygen atoms in total. The first-order valence-corrected chi connectivity index (χ1v) is 6.51. The average molecular weight is 269 g/mol. The van der Waals surface area contributed by atoms with Gasteiger partial charge in [-0.3, -0.25) is 4.90 Å². The lowest BCUT2D eigenvalue weighted by Gasteiger charge is -2.26.